The van der Waals surface area contributed by atoms with E-state index in [1.54, 1.807) is 0 Å². The van der Waals surface area contributed by atoms with Crippen molar-refractivity contribution in [2.45, 2.75) is 19.3 Å². The number of para-hydroxylation sites is 1. The number of nitrogens with zero attached hydrogens (tertiary/aromatic N) is 4. The fourth-order valence-electron chi connectivity index (χ4n) is 10.7. The van der Waals surface area contributed by atoms with Crippen LogP contribution in [0.1, 0.15) is 30.4 Å². The molecule has 1 atom stereocenters. The third kappa shape index (κ3) is 5.91. The second kappa shape index (κ2) is 14.7. The molecule has 0 N–H and O–H groups in total. The summed E-state index contributed by atoms with van der Waals surface area (Å²) >= 11 is 0. The van der Waals surface area contributed by atoms with Crippen LogP contribution in [0.3, 0.4) is 0 Å². The van der Waals surface area contributed by atoms with Crippen LogP contribution in [0.2, 0.25) is 0 Å². The van der Waals surface area contributed by atoms with Crippen molar-refractivity contribution in [3.8, 4) is 51.0 Å². The lowest BCUT2D eigenvalue weighted by atomic mass is 9.83. The zero-order valence-electron chi connectivity index (χ0n) is 36.6. The average molecular weight is 857 g/mol. The molecule has 14 rings (SSSR count). The quantitative estimate of drug-likeness (QED) is 0.173. The lowest BCUT2D eigenvalue weighted by Gasteiger charge is -2.22. The van der Waals surface area contributed by atoms with Gasteiger partial charge in [-0.05, 0) is 109 Å². The van der Waals surface area contributed by atoms with Crippen LogP contribution in [-0.4, -0.2) is 19.5 Å². The van der Waals surface area contributed by atoms with E-state index in [2.05, 4.69) is 206 Å². The molecule has 0 radical (unpaired) electrons. The van der Waals surface area contributed by atoms with Gasteiger partial charge in [0.25, 0.3) is 0 Å². The van der Waals surface area contributed by atoms with Gasteiger partial charge >= 0.3 is 0 Å². The van der Waals surface area contributed by atoms with E-state index >= 15 is 0 Å². The number of fused-ring (bicyclic) bond motifs is 12. The second-order valence-corrected chi connectivity index (χ2v) is 18.0. The summed E-state index contributed by atoms with van der Waals surface area (Å²) in [6.07, 6.45) is 5.57. The number of allylic oxidation sites excluding steroid dienone is 1. The molecule has 3 heterocycles. The molecule has 0 fully saturated rings. The molecule has 1 aliphatic carbocycles. The van der Waals surface area contributed by atoms with Crippen molar-refractivity contribution in [1.82, 2.24) is 19.5 Å². The topological polar surface area (TPSA) is 56.7 Å². The molecule has 0 bridgehead atoms. The normalized spacial score (nSPS) is 13.8. The van der Waals surface area contributed by atoms with Gasteiger partial charge in [0.05, 0.1) is 16.7 Å². The average Bonchev–Trinajstić information content (AvgIpc) is 3.93. The molecule has 0 aliphatic heterocycles. The number of furan rings is 1. The molecule has 5 nitrogen and oxygen atoms in total. The summed E-state index contributed by atoms with van der Waals surface area (Å²) < 4.78 is 9.33. The Kier molecular flexibility index (Phi) is 8.25. The van der Waals surface area contributed by atoms with E-state index in [0.29, 0.717) is 23.4 Å². The van der Waals surface area contributed by atoms with Gasteiger partial charge in [0, 0.05) is 38.2 Å². The molecule has 0 saturated heterocycles. The molecule has 10 aromatic carbocycles. The molecule has 0 amide bonds. The Balaban J connectivity index is 1.07. The summed E-state index contributed by atoms with van der Waals surface area (Å²) in [5.74, 6) is 2.20. The lowest BCUT2D eigenvalue weighted by Crippen LogP contribution is -2.05. The Morgan fingerprint density at radius 1 is 0.463 bits per heavy atom. The van der Waals surface area contributed by atoms with E-state index in [-0.39, 0.29) is 0 Å². The summed E-state index contributed by atoms with van der Waals surface area (Å²) in [6.45, 7) is 2.31. The molecule has 13 aromatic rings. The van der Waals surface area contributed by atoms with Crippen LogP contribution < -0.4 is 0 Å². The molecule has 67 heavy (non-hydrogen) atoms. The molecule has 0 spiro atoms. The number of hydrogen-bond donors (Lipinski definition) is 0. The van der Waals surface area contributed by atoms with Crippen LogP contribution in [0.15, 0.2) is 205 Å². The summed E-state index contributed by atoms with van der Waals surface area (Å²) in [4.78, 5) is 16.3. The fourth-order valence-corrected chi connectivity index (χ4v) is 10.7. The van der Waals surface area contributed by atoms with E-state index in [9.17, 15) is 0 Å². The van der Waals surface area contributed by atoms with Gasteiger partial charge in [-0.15, -0.1) is 0 Å². The summed E-state index contributed by atoms with van der Waals surface area (Å²) in [6, 6.07) is 69.3. The molecule has 5 heteroatoms. The van der Waals surface area contributed by atoms with Crippen LogP contribution >= 0.6 is 0 Å². The van der Waals surface area contributed by atoms with Crippen LogP contribution in [0.25, 0.3) is 133 Å². The smallest absolute Gasteiger partial charge is 0.164 e. The molecule has 3 aromatic heterocycles. The highest BCUT2D eigenvalue weighted by molar-refractivity contribution is 6.24. The van der Waals surface area contributed by atoms with Gasteiger partial charge in [0.1, 0.15) is 5.58 Å². The van der Waals surface area contributed by atoms with Crippen LogP contribution in [-0.2, 0) is 0 Å². The van der Waals surface area contributed by atoms with Gasteiger partial charge < -0.3 is 8.98 Å². The lowest BCUT2D eigenvalue weighted by molar-refractivity contribution is 0.666. The van der Waals surface area contributed by atoms with Gasteiger partial charge in [-0.25, -0.2) is 15.0 Å². The van der Waals surface area contributed by atoms with Crippen molar-refractivity contribution < 1.29 is 4.42 Å². The Labute approximate surface area is 385 Å². The minimum absolute atomic E-state index is 0.356. The van der Waals surface area contributed by atoms with Gasteiger partial charge in [-0.3, -0.25) is 0 Å². The van der Waals surface area contributed by atoms with E-state index in [0.717, 1.165) is 78.3 Å². The number of hydrogen-bond acceptors (Lipinski definition) is 4. The minimum atomic E-state index is 0.356. The predicted octanol–water partition coefficient (Wildman–Crippen LogP) is 16.5. The van der Waals surface area contributed by atoms with Crippen LogP contribution in [0, 0.1) is 0 Å². The predicted molar refractivity (Wildman–Crippen MR) is 278 cm³/mol. The highest BCUT2D eigenvalue weighted by Crippen LogP contribution is 2.44. The largest absolute Gasteiger partial charge is 0.454 e. The van der Waals surface area contributed by atoms with E-state index in [4.69, 9.17) is 19.4 Å². The van der Waals surface area contributed by atoms with E-state index < -0.39 is 0 Å². The first-order valence-electron chi connectivity index (χ1n) is 23.1. The Hall–Kier alpha value is -8.67. The number of benzene rings is 10. The van der Waals surface area contributed by atoms with Gasteiger partial charge in [-0.2, -0.15) is 0 Å². The monoisotopic (exact) mass is 856 g/mol. The zero-order chi connectivity index (χ0) is 44.2. The third-order valence-electron chi connectivity index (χ3n) is 14.0. The maximum Gasteiger partial charge on any atom is 0.164 e. The zero-order valence-corrected chi connectivity index (χ0v) is 36.6. The van der Waals surface area contributed by atoms with E-state index in [1.165, 1.54) is 48.8 Å². The molecule has 1 aliphatic rings. The number of aromatic nitrogens is 4. The molecular formula is C62H40N4O. The summed E-state index contributed by atoms with van der Waals surface area (Å²) in [5, 5.41) is 11.5. The van der Waals surface area contributed by atoms with Crippen molar-refractivity contribution >= 4 is 82.1 Å². The Morgan fingerprint density at radius 3 is 1.93 bits per heavy atom. The van der Waals surface area contributed by atoms with Crippen LogP contribution in [0.4, 0.5) is 0 Å². The maximum absolute atomic E-state index is 6.94. The second-order valence-electron chi connectivity index (χ2n) is 18.0. The first-order chi connectivity index (χ1) is 33.1. The molecule has 1 unspecified atom stereocenters. The van der Waals surface area contributed by atoms with Crippen molar-refractivity contribution in [3.05, 3.63) is 211 Å². The van der Waals surface area contributed by atoms with Crippen molar-refractivity contribution in [2.75, 3.05) is 0 Å². The van der Waals surface area contributed by atoms with Crippen LogP contribution in [0.5, 0.6) is 0 Å². The van der Waals surface area contributed by atoms with Crippen molar-refractivity contribution in [2.24, 2.45) is 0 Å². The van der Waals surface area contributed by atoms with Gasteiger partial charge in [0.15, 0.2) is 23.1 Å². The molecule has 0 saturated carbocycles. The summed E-state index contributed by atoms with van der Waals surface area (Å²) in [5.41, 5.74) is 12.4. The van der Waals surface area contributed by atoms with Crippen molar-refractivity contribution in [1.29, 1.82) is 0 Å². The van der Waals surface area contributed by atoms with Gasteiger partial charge in [0.2, 0.25) is 0 Å². The van der Waals surface area contributed by atoms with Crippen molar-refractivity contribution in [3.63, 3.8) is 0 Å². The first kappa shape index (κ1) is 37.7. The highest BCUT2D eigenvalue weighted by Gasteiger charge is 2.25. The Bertz CT molecular complexity index is 4200. The standard InChI is InChI=1S/C62H40N4O/c1-37-14-13-24-47-46-21-9-10-22-48(46)52(36-50(37)47)62-64-60(41-28-26-39(27-29-41)38-15-3-2-4-16-38)63-61(65-62)44-33-51-49-23-11-12-25-57(49)67-59(51)56(35-44)66-54-31-30-40-17-7-8-20-45(40)58(54)53-32-42-18-5-6-19-43(42)34-55(53)66/h2-13,15-37H,14H2,1H3. The molecular weight excluding hydrogens is 817 g/mol. The third-order valence-corrected chi connectivity index (χ3v) is 14.0. The SMILES string of the molecule is CC1CC=Cc2c1cc(-c1nc(-c3ccc(-c4ccccc4)cc3)nc(-c3cc(-n4c5cc6ccccc6cc5c5c6ccccc6ccc54)c4oc5ccccc5c4c3)n1)c1ccccc21. The first-order valence-corrected chi connectivity index (χ1v) is 23.1. The molecule has 314 valence electrons. The highest BCUT2D eigenvalue weighted by atomic mass is 16.3. The van der Waals surface area contributed by atoms with E-state index in [1.807, 2.05) is 12.1 Å². The maximum atomic E-state index is 6.94. The minimum Gasteiger partial charge on any atom is -0.454 e. The summed E-state index contributed by atoms with van der Waals surface area (Å²) in [7, 11) is 0. The Morgan fingerprint density at radius 2 is 1.10 bits per heavy atom. The fraction of sp³-hybridized carbons (Fsp3) is 0.0484. The van der Waals surface area contributed by atoms with Gasteiger partial charge in [-0.1, -0.05) is 171 Å². The number of rotatable bonds is 5.